The molecule has 88 valence electrons. The summed E-state index contributed by atoms with van der Waals surface area (Å²) >= 11 is 11.7. The molecule has 5 nitrogen and oxygen atoms in total. The highest BCUT2D eigenvalue weighted by Crippen LogP contribution is 2.36. The van der Waals surface area contributed by atoms with Crippen LogP contribution < -0.4 is 5.73 Å². The lowest BCUT2D eigenvalue weighted by Crippen LogP contribution is -2.13. The van der Waals surface area contributed by atoms with Gasteiger partial charge in [-0.25, -0.2) is 0 Å². The summed E-state index contributed by atoms with van der Waals surface area (Å²) in [4.78, 5) is 10.1. The maximum absolute atomic E-state index is 10.7. The first-order chi connectivity index (χ1) is 7.49. The van der Waals surface area contributed by atoms with Gasteiger partial charge in [0.25, 0.3) is 5.69 Å². The minimum atomic E-state index is -0.620. The molecule has 3 N–H and O–H groups in total. The molecule has 0 radical (unpaired) electrons. The van der Waals surface area contributed by atoms with E-state index in [2.05, 4.69) is 0 Å². The molecule has 0 aliphatic heterocycles. The van der Waals surface area contributed by atoms with E-state index >= 15 is 0 Å². The molecule has 0 saturated carbocycles. The van der Waals surface area contributed by atoms with E-state index in [1.807, 2.05) is 0 Å². The quantitative estimate of drug-likeness (QED) is 0.645. The first-order valence-electron chi connectivity index (χ1n) is 4.47. The van der Waals surface area contributed by atoms with Gasteiger partial charge in [-0.15, -0.1) is 0 Å². The molecule has 1 aromatic rings. The van der Waals surface area contributed by atoms with Crippen LogP contribution >= 0.6 is 23.2 Å². The summed E-state index contributed by atoms with van der Waals surface area (Å²) in [5, 5.41) is 19.6. The molecule has 0 aromatic heterocycles. The molecule has 0 spiro atoms. The van der Waals surface area contributed by atoms with Crippen LogP contribution in [0.25, 0.3) is 0 Å². The molecule has 0 heterocycles. The van der Waals surface area contributed by atoms with Crippen LogP contribution in [0.5, 0.6) is 0 Å². The normalized spacial score (nSPS) is 12.5. The number of hydrogen-bond donors (Lipinski definition) is 2. The molecule has 1 rings (SSSR count). The molecular weight excluding hydrogens is 255 g/mol. The van der Waals surface area contributed by atoms with Gasteiger partial charge in [-0.1, -0.05) is 23.2 Å². The van der Waals surface area contributed by atoms with E-state index in [4.69, 9.17) is 34.0 Å². The molecule has 1 atom stereocenters. The highest BCUT2D eigenvalue weighted by atomic mass is 35.5. The number of hydrogen-bond acceptors (Lipinski definition) is 4. The van der Waals surface area contributed by atoms with Gasteiger partial charge in [0.1, 0.15) is 5.02 Å². The third kappa shape index (κ3) is 2.62. The summed E-state index contributed by atoms with van der Waals surface area (Å²) in [6, 6.07) is 1.97. The summed E-state index contributed by atoms with van der Waals surface area (Å²) in [6.07, 6.45) is 0.237. The summed E-state index contributed by atoms with van der Waals surface area (Å²) in [5.41, 5.74) is 5.78. The lowest BCUT2D eigenvalue weighted by Gasteiger charge is -2.14. The number of nitrogens with zero attached hydrogens (tertiary/aromatic N) is 1. The number of rotatable bonds is 4. The van der Waals surface area contributed by atoms with Crippen LogP contribution in [0, 0.1) is 10.1 Å². The third-order valence-electron chi connectivity index (χ3n) is 2.11. The molecule has 0 bridgehead atoms. The van der Waals surface area contributed by atoms with Crippen molar-refractivity contribution < 1.29 is 10.0 Å². The van der Waals surface area contributed by atoms with Gasteiger partial charge in [0.15, 0.2) is 0 Å². The highest BCUT2D eigenvalue weighted by molar-refractivity contribution is 6.37. The minimum absolute atomic E-state index is 0.0709. The summed E-state index contributed by atoms with van der Waals surface area (Å²) in [5.74, 6) is 0. The second-order valence-electron chi connectivity index (χ2n) is 3.17. The number of nitro groups is 1. The molecule has 0 fully saturated rings. The van der Waals surface area contributed by atoms with Crippen molar-refractivity contribution in [3.63, 3.8) is 0 Å². The van der Waals surface area contributed by atoms with E-state index in [0.29, 0.717) is 5.56 Å². The standard InChI is InChI=1S/C9H10Cl2N2O3/c10-5-1-2-7(13(15)16)9(11)8(5)6(12)3-4-14/h1-2,6,14H,3-4,12H2. The summed E-state index contributed by atoms with van der Waals surface area (Å²) in [6.45, 7) is -0.142. The van der Waals surface area contributed by atoms with Crippen molar-refractivity contribution in [3.8, 4) is 0 Å². The number of nitrogens with two attached hydrogens (primary N) is 1. The molecule has 7 heteroatoms. The Morgan fingerprint density at radius 2 is 2.12 bits per heavy atom. The fourth-order valence-electron chi connectivity index (χ4n) is 1.32. The number of aliphatic hydroxyl groups is 1. The Kier molecular flexibility index (Phi) is 4.49. The largest absolute Gasteiger partial charge is 0.396 e. The Bertz CT molecular complexity index is 412. The van der Waals surface area contributed by atoms with Gasteiger partial charge in [0, 0.05) is 29.3 Å². The van der Waals surface area contributed by atoms with Crippen molar-refractivity contribution in [2.24, 2.45) is 5.73 Å². The maximum atomic E-state index is 10.7. The predicted octanol–water partition coefficient (Wildman–Crippen LogP) is 2.28. The van der Waals surface area contributed by atoms with E-state index < -0.39 is 11.0 Å². The van der Waals surface area contributed by atoms with Crippen LogP contribution in [-0.2, 0) is 0 Å². The van der Waals surface area contributed by atoms with Crippen LogP contribution in [0.1, 0.15) is 18.0 Å². The van der Waals surface area contributed by atoms with E-state index in [0.717, 1.165) is 0 Å². The predicted molar refractivity (Wildman–Crippen MR) is 61.7 cm³/mol. The van der Waals surface area contributed by atoms with Crippen LogP contribution in [0.4, 0.5) is 5.69 Å². The first kappa shape index (κ1) is 13.2. The van der Waals surface area contributed by atoms with Crippen LogP contribution in [0.15, 0.2) is 12.1 Å². The average molecular weight is 265 g/mol. The Hall–Kier alpha value is -0.880. The van der Waals surface area contributed by atoms with E-state index in [1.165, 1.54) is 12.1 Å². The molecule has 0 amide bonds. The Morgan fingerprint density at radius 3 is 2.62 bits per heavy atom. The van der Waals surface area contributed by atoms with Gasteiger partial charge in [0.2, 0.25) is 0 Å². The fourth-order valence-corrected chi connectivity index (χ4v) is 2.04. The van der Waals surface area contributed by atoms with E-state index in [-0.39, 0.29) is 28.8 Å². The fraction of sp³-hybridized carbons (Fsp3) is 0.333. The molecular formula is C9H10Cl2N2O3. The zero-order chi connectivity index (χ0) is 12.3. The molecule has 1 aromatic carbocycles. The van der Waals surface area contributed by atoms with Gasteiger partial charge in [0.05, 0.1) is 4.92 Å². The molecule has 1 unspecified atom stereocenters. The number of halogens is 2. The van der Waals surface area contributed by atoms with Crippen LogP contribution in [0.2, 0.25) is 10.0 Å². The second-order valence-corrected chi connectivity index (χ2v) is 3.96. The van der Waals surface area contributed by atoms with Crippen LogP contribution in [0.3, 0.4) is 0 Å². The number of benzene rings is 1. The zero-order valence-electron chi connectivity index (χ0n) is 8.19. The Morgan fingerprint density at radius 1 is 1.50 bits per heavy atom. The SMILES string of the molecule is NC(CCO)c1c(Cl)ccc([N+](=O)[O-])c1Cl. The lowest BCUT2D eigenvalue weighted by atomic mass is 10.0. The molecule has 0 aliphatic carbocycles. The van der Waals surface area contributed by atoms with E-state index in [9.17, 15) is 10.1 Å². The first-order valence-corrected chi connectivity index (χ1v) is 5.23. The molecule has 0 saturated heterocycles. The number of nitro benzene ring substituents is 1. The van der Waals surface area contributed by atoms with Gasteiger partial charge < -0.3 is 10.8 Å². The lowest BCUT2D eigenvalue weighted by molar-refractivity contribution is -0.384. The zero-order valence-corrected chi connectivity index (χ0v) is 9.70. The van der Waals surface area contributed by atoms with Gasteiger partial charge >= 0.3 is 0 Å². The minimum Gasteiger partial charge on any atom is -0.396 e. The third-order valence-corrected chi connectivity index (χ3v) is 2.84. The van der Waals surface area contributed by atoms with Crippen molar-refractivity contribution in [1.29, 1.82) is 0 Å². The smallest absolute Gasteiger partial charge is 0.288 e. The van der Waals surface area contributed by atoms with Gasteiger partial charge in [-0.3, -0.25) is 10.1 Å². The second kappa shape index (κ2) is 5.45. The van der Waals surface area contributed by atoms with E-state index in [1.54, 1.807) is 0 Å². The molecule has 0 aliphatic rings. The average Bonchev–Trinajstić information content (AvgIpc) is 2.17. The summed E-state index contributed by atoms with van der Waals surface area (Å²) < 4.78 is 0. The van der Waals surface area contributed by atoms with Crippen molar-refractivity contribution in [2.45, 2.75) is 12.5 Å². The highest BCUT2D eigenvalue weighted by Gasteiger charge is 2.22. The van der Waals surface area contributed by atoms with Crippen molar-refractivity contribution in [1.82, 2.24) is 0 Å². The summed E-state index contributed by atoms with van der Waals surface area (Å²) in [7, 11) is 0. The van der Waals surface area contributed by atoms with Gasteiger partial charge in [-0.05, 0) is 12.5 Å². The number of aliphatic hydroxyl groups excluding tert-OH is 1. The molecule has 16 heavy (non-hydrogen) atoms. The van der Waals surface area contributed by atoms with Crippen molar-refractivity contribution >= 4 is 28.9 Å². The van der Waals surface area contributed by atoms with Gasteiger partial charge in [-0.2, -0.15) is 0 Å². The maximum Gasteiger partial charge on any atom is 0.288 e. The Balaban J connectivity index is 3.26. The topological polar surface area (TPSA) is 89.4 Å². The van der Waals surface area contributed by atoms with Crippen molar-refractivity contribution in [2.75, 3.05) is 6.61 Å². The van der Waals surface area contributed by atoms with Crippen LogP contribution in [-0.4, -0.2) is 16.6 Å². The monoisotopic (exact) mass is 264 g/mol. The van der Waals surface area contributed by atoms with Crippen molar-refractivity contribution in [3.05, 3.63) is 37.9 Å². The Labute approximate surface area is 102 Å².